The number of esters is 1. The first-order valence-corrected chi connectivity index (χ1v) is 5.39. The van der Waals surface area contributed by atoms with Gasteiger partial charge in [-0.2, -0.15) is 13.2 Å². The number of allylic oxidation sites excluding steroid dienone is 1. The highest BCUT2D eigenvalue weighted by molar-refractivity contribution is 5.75. The van der Waals surface area contributed by atoms with Crippen molar-refractivity contribution in [1.82, 2.24) is 0 Å². The van der Waals surface area contributed by atoms with Crippen LogP contribution in [0.15, 0.2) is 12.2 Å². The molecule has 0 amide bonds. The van der Waals surface area contributed by atoms with E-state index in [0.29, 0.717) is 0 Å². The number of carbonyl (C=O) groups excluding carboxylic acids is 1. The molecule has 98 valence electrons. The van der Waals surface area contributed by atoms with Crippen LogP contribution in [0.5, 0.6) is 0 Å². The van der Waals surface area contributed by atoms with E-state index in [2.05, 4.69) is 4.74 Å². The molecular formula is C11H15F3O3. The summed E-state index contributed by atoms with van der Waals surface area (Å²) in [7, 11) is 0. The molecule has 1 aliphatic rings. The SMILES string of the molecule is C/C=C/[C@H]1C[C@@H](OC(=O)C(F)(F)F)C[C@@H](C)O1. The van der Waals surface area contributed by atoms with Crippen LogP contribution in [0.2, 0.25) is 0 Å². The van der Waals surface area contributed by atoms with Gasteiger partial charge in [0.1, 0.15) is 6.10 Å². The van der Waals surface area contributed by atoms with Gasteiger partial charge < -0.3 is 9.47 Å². The molecule has 1 fully saturated rings. The van der Waals surface area contributed by atoms with Crippen LogP contribution in [-0.2, 0) is 14.3 Å². The summed E-state index contributed by atoms with van der Waals surface area (Å²) < 4.78 is 46.0. The fraction of sp³-hybridized carbons (Fsp3) is 0.727. The highest BCUT2D eigenvalue weighted by atomic mass is 19.4. The van der Waals surface area contributed by atoms with Gasteiger partial charge in [0.25, 0.3) is 0 Å². The Balaban J connectivity index is 2.56. The Labute approximate surface area is 97.6 Å². The van der Waals surface area contributed by atoms with Gasteiger partial charge in [-0.3, -0.25) is 0 Å². The van der Waals surface area contributed by atoms with Crippen LogP contribution in [0.1, 0.15) is 26.7 Å². The third-order valence-corrected chi connectivity index (χ3v) is 2.41. The average Bonchev–Trinajstić information content (AvgIpc) is 2.15. The zero-order valence-corrected chi connectivity index (χ0v) is 9.66. The number of hydrogen-bond donors (Lipinski definition) is 0. The Morgan fingerprint density at radius 2 is 2.06 bits per heavy atom. The molecule has 3 atom stereocenters. The summed E-state index contributed by atoms with van der Waals surface area (Å²) in [4.78, 5) is 10.7. The second-order valence-electron chi connectivity index (χ2n) is 4.01. The molecule has 1 saturated heterocycles. The maximum absolute atomic E-state index is 12.0. The summed E-state index contributed by atoms with van der Waals surface area (Å²) in [6.45, 7) is 3.53. The molecule has 0 aromatic rings. The van der Waals surface area contributed by atoms with Gasteiger partial charge in [-0.1, -0.05) is 12.2 Å². The van der Waals surface area contributed by atoms with E-state index in [4.69, 9.17) is 4.74 Å². The molecule has 1 aliphatic heterocycles. The molecule has 0 saturated carbocycles. The first-order chi connectivity index (χ1) is 7.82. The summed E-state index contributed by atoms with van der Waals surface area (Å²) in [5.41, 5.74) is 0. The van der Waals surface area contributed by atoms with Crippen molar-refractivity contribution < 1.29 is 27.4 Å². The third kappa shape index (κ3) is 4.38. The second kappa shape index (κ2) is 5.53. The smallest absolute Gasteiger partial charge is 0.456 e. The van der Waals surface area contributed by atoms with Crippen molar-refractivity contribution in [3.63, 3.8) is 0 Å². The Morgan fingerprint density at radius 1 is 1.41 bits per heavy atom. The minimum absolute atomic E-state index is 0.226. The fourth-order valence-corrected chi connectivity index (χ4v) is 1.79. The number of halogens is 3. The average molecular weight is 252 g/mol. The van der Waals surface area contributed by atoms with Gasteiger partial charge in [0.05, 0.1) is 12.2 Å². The van der Waals surface area contributed by atoms with Crippen LogP contribution in [0.3, 0.4) is 0 Å². The maximum atomic E-state index is 12.0. The molecular weight excluding hydrogens is 237 g/mol. The molecule has 0 unspecified atom stereocenters. The summed E-state index contributed by atoms with van der Waals surface area (Å²) in [6.07, 6.45) is -2.15. The van der Waals surface area contributed by atoms with E-state index < -0.39 is 18.2 Å². The van der Waals surface area contributed by atoms with E-state index in [0.717, 1.165) is 0 Å². The van der Waals surface area contributed by atoms with E-state index in [-0.39, 0.29) is 25.0 Å². The van der Waals surface area contributed by atoms with E-state index in [1.807, 2.05) is 0 Å². The molecule has 6 heteroatoms. The minimum Gasteiger partial charge on any atom is -0.456 e. The Kier molecular flexibility index (Phi) is 4.56. The van der Waals surface area contributed by atoms with E-state index in [1.165, 1.54) is 0 Å². The van der Waals surface area contributed by atoms with Gasteiger partial charge in [0, 0.05) is 12.8 Å². The number of alkyl halides is 3. The van der Waals surface area contributed by atoms with Crippen molar-refractivity contribution in [3.05, 3.63) is 12.2 Å². The molecule has 0 aromatic heterocycles. The van der Waals surface area contributed by atoms with Gasteiger partial charge in [0.2, 0.25) is 0 Å². The van der Waals surface area contributed by atoms with Crippen molar-refractivity contribution in [2.45, 2.75) is 51.2 Å². The van der Waals surface area contributed by atoms with E-state index in [9.17, 15) is 18.0 Å². The zero-order chi connectivity index (χ0) is 13.1. The molecule has 0 aromatic carbocycles. The summed E-state index contributed by atoms with van der Waals surface area (Å²) in [5, 5.41) is 0. The van der Waals surface area contributed by atoms with Crippen LogP contribution >= 0.6 is 0 Å². The van der Waals surface area contributed by atoms with Crippen molar-refractivity contribution in [2.24, 2.45) is 0 Å². The van der Waals surface area contributed by atoms with Gasteiger partial charge >= 0.3 is 12.1 Å². The summed E-state index contributed by atoms with van der Waals surface area (Å²) >= 11 is 0. The van der Waals surface area contributed by atoms with Gasteiger partial charge in [-0.05, 0) is 13.8 Å². The fourth-order valence-electron chi connectivity index (χ4n) is 1.79. The minimum atomic E-state index is -4.93. The van der Waals surface area contributed by atoms with E-state index >= 15 is 0 Å². The lowest BCUT2D eigenvalue weighted by molar-refractivity contribution is -0.210. The molecule has 1 heterocycles. The highest BCUT2D eigenvalue weighted by Crippen LogP contribution is 2.26. The maximum Gasteiger partial charge on any atom is 0.490 e. The van der Waals surface area contributed by atoms with Crippen molar-refractivity contribution in [1.29, 1.82) is 0 Å². The lowest BCUT2D eigenvalue weighted by atomic mass is 10.0. The molecule has 1 rings (SSSR count). The van der Waals surface area contributed by atoms with Crippen LogP contribution < -0.4 is 0 Å². The molecule has 3 nitrogen and oxygen atoms in total. The highest BCUT2D eigenvalue weighted by Gasteiger charge is 2.43. The number of rotatable bonds is 2. The molecule has 0 spiro atoms. The molecule has 0 aliphatic carbocycles. The third-order valence-electron chi connectivity index (χ3n) is 2.41. The normalized spacial score (nSPS) is 30.5. The van der Waals surface area contributed by atoms with Crippen LogP contribution in [0.4, 0.5) is 13.2 Å². The lowest BCUT2D eigenvalue weighted by Gasteiger charge is -2.32. The van der Waals surface area contributed by atoms with Crippen LogP contribution in [0, 0.1) is 0 Å². The quantitative estimate of drug-likeness (QED) is 0.559. The van der Waals surface area contributed by atoms with Gasteiger partial charge in [0.15, 0.2) is 0 Å². The molecule has 0 bridgehead atoms. The Morgan fingerprint density at radius 3 is 2.59 bits per heavy atom. The Bertz CT molecular complexity index is 299. The Hall–Kier alpha value is -1.04. The standard InChI is InChI=1S/C11H15F3O3/c1-3-4-8-6-9(5-7(2)16-8)17-10(15)11(12,13)14/h3-4,7-9H,5-6H2,1-2H3/b4-3+/t7-,8+,9+/m1/s1. The summed E-state index contributed by atoms with van der Waals surface area (Å²) in [6, 6.07) is 0. The molecule has 0 radical (unpaired) electrons. The van der Waals surface area contributed by atoms with Gasteiger partial charge in [-0.25, -0.2) is 4.79 Å². The predicted octanol–water partition coefficient (Wildman–Crippen LogP) is 2.60. The van der Waals surface area contributed by atoms with Gasteiger partial charge in [-0.15, -0.1) is 0 Å². The van der Waals surface area contributed by atoms with Crippen LogP contribution in [0.25, 0.3) is 0 Å². The lowest BCUT2D eigenvalue weighted by Crippen LogP contribution is -2.38. The topological polar surface area (TPSA) is 35.5 Å². The van der Waals surface area contributed by atoms with Crippen molar-refractivity contribution in [3.8, 4) is 0 Å². The molecule has 0 N–H and O–H groups in total. The second-order valence-corrected chi connectivity index (χ2v) is 4.01. The first kappa shape index (κ1) is 14.0. The largest absolute Gasteiger partial charge is 0.490 e. The van der Waals surface area contributed by atoms with Crippen molar-refractivity contribution >= 4 is 5.97 Å². The molecule has 17 heavy (non-hydrogen) atoms. The van der Waals surface area contributed by atoms with E-state index in [1.54, 1.807) is 26.0 Å². The monoisotopic (exact) mass is 252 g/mol. The zero-order valence-electron chi connectivity index (χ0n) is 9.66. The number of ether oxygens (including phenoxy) is 2. The predicted molar refractivity (Wildman–Crippen MR) is 54.3 cm³/mol. The van der Waals surface area contributed by atoms with Crippen molar-refractivity contribution in [2.75, 3.05) is 0 Å². The summed E-state index contributed by atoms with van der Waals surface area (Å²) in [5.74, 6) is -2.13. The van der Waals surface area contributed by atoms with Crippen LogP contribution in [-0.4, -0.2) is 30.5 Å². The number of carbonyl (C=O) groups is 1. The number of hydrogen-bond acceptors (Lipinski definition) is 3. The first-order valence-electron chi connectivity index (χ1n) is 5.39.